The summed E-state index contributed by atoms with van der Waals surface area (Å²) in [7, 11) is 0. The number of halogens is 4. The van der Waals surface area contributed by atoms with Crippen molar-refractivity contribution in [1.82, 2.24) is 9.97 Å². The standard InChI is InChI=1S/C7H6F3N.C6H6ClN/c1-5-2-6(4-11-3-5)7(8,9)10;1-5-2-3-6(7)8-4-5/h2-4H,1H3;2-4H,1H3. The van der Waals surface area contributed by atoms with Crippen molar-refractivity contribution in [2.75, 3.05) is 0 Å². The lowest BCUT2D eigenvalue weighted by Crippen LogP contribution is -2.05. The number of aromatic nitrogens is 2. The summed E-state index contributed by atoms with van der Waals surface area (Å²) < 4.78 is 35.8. The summed E-state index contributed by atoms with van der Waals surface area (Å²) in [6.07, 6.45) is -0.344. The Labute approximate surface area is 114 Å². The highest BCUT2D eigenvalue weighted by Crippen LogP contribution is 2.28. The molecule has 0 saturated carbocycles. The van der Waals surface area contributed by atoms with Crippen molar-refractivity contribution in [3.8, 4) is 0 Å². The highest BCUT2D eigenvalue weighted by molar-refractivity contribution is 6.29. The molecule has 2 heterocycles. The minimum absolute atomic E-state index is 0.514. The van der Waals surface area contributed by atoms with Gasteiger partial charge in [-0.15, -0.1) is 0 Å². The van der Waals surface area contributed by atoms with E-state index in [1.54, 1.807) is 19.2 Å². The van der Waals surface area contributed by atoms with E-state index in [9.17, 15) is 13.2 Å². The zero-order valence-electron chi connectivity index (χ0n) is 10.4. The second kappa shape index (κ2) is 6.52. The van der Waals surface area contributed by atoms with E-state index in [0.717, 1.165) is 17.8 Å². The molecule has 6 heteroatoms. The number of hydrogen-bond acceptors (Lipinski definition) is 2. The molecule has 0 atom stereocenters. The lowest BCUT2D eigenvalue weighted by atomic mass is 10.2. The van der Waals surface area contributed by atoms with Crippen molar-refractivity contribution in [2.24, 2.45) is 0 Å². The lowest BCUT2D eigenvalue weighted by Gasteiger charge is -2.05. The van der Waals surface area contributed by atoms with Gasteiger partial charge in [-0.25, -0.2) is 4.98 Å². The van der Waals surface area contributed by atoms with E-state index >= 15 is 0 Å². The van der Waals surface area contributed by atoms with Gasteiger partial charge in [-0.2, -0.15) is 13.2 Å². The Morgan fingerprint density at radius 1 is 1.00 bits per heavy atom. The second-order valence-electron chi connectivity index (χ2n) is 3.91. The number of rotatable bonds is 0. The van der Waals surface area contributed by atoms with Gasteiger partial charge in [0, 0.05) is 18.6 Å². The maximum absolute atomic E-state index is 11.9. The van der Waals surface area contributed by atoms with Crippen LogP contribution >= 0.6 is 11.6 Å². The smallest absolute Gasteiger partial charge is 0.264 e. The Morgan fingerprint density at radius 2 is 1.68 bits per heavy atom. The minimum Gasteiger partial charge on any atom is -0.264 e. The van der Waals surface area contributed by atoms with E-state index in [-0.39, 0.29) is 0 Å². The summed E-state index contributed by atoms with van der Waals surface area (Å²) in [6, 6.07) is 4.76. The Morgan fingerprint density at radius 3 is 2.05 bits per heavy atom. The molecule has 0 radical (unpaired) electrons. The third-order valence-corrected chi connectivity index (χ3v) is 2.30. The summed E-state index contributed by atoms with van der Waals surface area (Å²) in [5.41, 5.74) is 0.951. The fourth-order valence-corrected chi connectivity index (χ4v) is 1.27. The molecule has 0 aliphatic rings. The number of nitrogens with zero attached hydrogens (tertiary/aromatic N) is 2. The summed E-state index contributed by atoms with van der Waals surface area (Å²) >= 11 is 5.50. The molecule has 0 aromatic carbocycles. The van der Waals surface area contributed by atoms with E-state index in [0.29, 0.717) is 10.7 Å². The van der Waals surface area contributed by atoms with Crippen LogP contribution < -0.4 is 0 Å². The Bertz CT molecular complexity index is 503. The summed E-state index contributed by atoms with van der Waals surface area (Å²) in [6.45, 7) is 3.55. The van der Waals surface area contributed by atoms with E-state index in [2.05, 4.69) is 9.97 Å². The molecule has 0 aliphatic carbocycles. The first-order chi connectivity index (χ1) is 8.79. The number of pyridine rings is 2. The van der Waals surface area contributed by atoms with Crippen LogP contribution in [0.15, 0.2) is 36.8 Å². The van der Waals surface area contributed by atoms with Crippen LogP contribution in [0.5, 0.6) is 0 Å². The molecule has 0 unspecified atom stereocenters. The monoisotopic (exact) mass is 288 g/mol. The Kier molecular flexibility index (Phi) is 5.30. The topological polar surface area (TPSA) is 25.8 Å². The minimum atomic E-state index is -4.28. The van der Waals surface area contributed by atoms with Gasteiger partial charge in [-0.05, 0) is 37.1 Å². The molecule has 0 bridgehead atoms. The van der Waals surface area contributed by atoms with Crippen LogP contribution in [0.4, 0.5) is 13.2 Å². The van der Waals surface area contributed by atoms with E-state index in [1.165, 1.54) is 6.20 Å². The lowest BCUT2D eigenvalue weighted by molar-refractivity contribution is -0.137. The van der Waals surface area contributed by atoms with Crippen LogP contribution in [-0.2, 0) is 6.18 Å². The van der Waals surface area contributed by atoms with Gasteiger partial charge >= 0.3 is 6.18 Å². The van der Waals surface area contributed by atoms with Crippen LogP contribution in [-0.4, -0.2) is 9.97 Å². The maximum Gasteiger partial charge on any atom is 0.417 e. The highest BCUT2D eigenvalue weighted by atomic mass is 35.5. The molecule has 2 nitrogen and oxygen atoms in total. The average molecular weight is 289 g/mol. The quantitative estimate of drug-likeness (QED) is 0.669. The molecule has 0 fully saturated rings. The third kappa shape index (κ3) is 5.70. The third-order valence-electron chi connectivity index (χ3n) is 2.08. The Balaban J connectivity index is 0.000000200. The zero-order chi connectivity index (χ0) is 14.5. The predicted octanol–water partition coefficient (Wildman–Crippen LogP) is 4.45. The first kappa shape index (κ1) is 15.4. The van der Waals surface area contributed by atoms with Crippen LogP contribution in [0.25, 0.3) is 0 Å². The number of alkyl halides is 3. The van der Waals surface area contributed by atoms with Gasteiger partial charge in [0.25, 0.3) is 0 Å². The van der Waals surface area contributed by atoms with Crippen molar-refractivity contribution < 1.29 is 13.2 Å². The molecule has 0 saturated heterocycles. The molecule has 2 aromatic rings. The van der Waals surface area contributed by atoms with E-state index in [4.69, 9.17) is 11.6 Å². The van der Waals surface area contributed by atoms with Gasteiger partial charge in [-0.3, -0.25) is 4.98 Å². The van der Waals surface area contributed by atoms with E-state index < -0.39 is 11.7 Å². The molecule has 0 N–H and O–H groups in total. The van der Waals surface area contributed by atoms with Crippen molar-refractivity contribution in [1.29, 1.82) is 0 Å². The number of aryl methyl sites for hydroxylation is 2. The summed E-state index contributed by atoms with van der Waals surface area (Å²) in [4.78, 5) is 7.27. The fourth-order valence-electron chi connectivity index (χ4n) is 1.16. The van der Waals surface area contributed by atoms with Crippen LogP contribution in [0, 0.1) is 13.8 Å². The molecular weight excluding hydrogens is 277 g/mol. The average Bonchev–Trinajstić information content (AvgIpc) is 2.33. The molecule has 102 valence electrons. The molecule has 2 rings (SSSR count). The zero-order valence-corrected chi connectivity index (χ0v) is 11.1. The van der Waals surface area contributed by atoms with Gasteiger partial charge in [0.15, 0.2) is 0 Å². The van der Waals surface area contributed by atoms with Crippen LogP contribution in [0.3, 0.4) is 0 Å². The van der Waals surface area contributed by atoms with Gasteiger partial charge in [0.1, 0.15) is 5.15 Å². The summed E-state index contributed by atoms with van der Waals surface area (Å²) in [5.74, 6) is 0. The van der Waals surface area contributed by atoms with Crippen LogP contribution in [0.2, 0.25) is 5.15 Å². The molecule has 0 aliphatic heterocycles. The molecule has 19 heavy (non-hydrogen) atoms. The SMILES string of the molecule is Cc1ccc(Cl)nc1.Cc1cncc(C(F)(F)F)c1. The van der Waals surface area contributed by atoms with Crippen LogP contribution in [0.1, 0.15) is 16.7 Å². The van der Waals surface area contributed by atoms with Gasteiger partial charge in [0.05, 0.1) is 5.56 Å². The fraction of sp³-hybridized carbons (Fsp3) is 0.231. The normalized spacial score (nSPS) is 10.6. The first-order valence-corrected chi connectivity index (χ1v) is 5.74. The Hall–Kier alpha value is -1.62. The highest BCUT2D eigenvalue weighted by Gasteiger charge is 2.30. The number of hydrogen-bond donors (Lipinski definition) is 0. The van der Waals surface area contributed by atoms with Crippen molar-refractivity contribution in [3.05, 3.63) is 58.6 Å². The largest absolute Gasteiger partial charge is 0.417 e. The first-order valence-electron chi connectivity index (χ1n) is 5.36. The van der Waals surface area contributed by atoms with Gasteiger partial charge in [-0.1, -0.05) is 17.7 Å². The maximum atomic E-state index is 11.9. The van der Waals surface area contributed by atoms with Crippen molar-refractivity contribution in [2.45, 2.75) is 20.0 Å². The van der Waals surface area contributed by atoms with Crippen molar-refractivity contribution >= 4 is 11.6 Å². The second-order valence-corrected chi connectivity index (χ2v) is 4.29. The van der Waals surface area contributed by atoms with E-state index in [1.807, 2.05) is 13.0 Å². The molecule has 0 spiro atoms. The van der Waals surface area contributed by atoms with Gasteiger partial charge < -0.3 is 0 Å². The molecule has 0 amide bonds. The predicted molar refractivity (Wildman–Crippen MR) is 68.0 cm³/mol. The molecule has 2 aromatic heterocycles. The van der Waals surface area contributed by atoms with Crippen molar-refractivity contribution in [3.63, 3.8) is 0 Å². The summed E-state index contributed by atoms with van der Waals surface area (Å²) in [5, 5.41) is 0.551. The van der Waals surface area contributed by atoms with Gasteiger partial charge in [0.2, 0.25) is 0 Å². The molecular formula is C13H12ClF3N2.